The van der Waals surface area contributed by atoms with Crippen LogP contribution in [0.5, 0.6) is 5.75 Å². The largest absolute Gasteiger partial charge is 0.497 e. The van der Waals surface area contributed by atoms with Gasteiger partial charge in [-0.25, -0.2) is 0 Å². The lowest BCUT2D eigenvalue weighted by atomic mass is 10.1. The maximum absolute atomic E-state index is 12.3. The molecule has 1 aromatic heterocycles. The van der Waals surface area contributed by atoms with Crippen LogP contribution in [0.1, 0.15) is 15.9 Å². The Morgan fingerprint density at radius 1 is 1.25 bits per heavy atom. The summed E-state index contributed by atoms with van der Waals surface area (Å²) in [6, 6.07) is 13.7. The Balaban J connectivity index is 1.72. The minimum atomic E-state index is -0.0298. The number of carbonyl (C=O) groups excluding carboxylic acids is 1. The van der Waals surface area contributed by atoms with E-state index in [-0.39, 0.29) is 5.91 Å². The second-order valence-electron chi connectivity index (χ2n) is 5.63. The number of hydrogen-bond acceptors (Lipinski definition) is 2. The van der Waals surface area contributed by atoms with Crippen molar-refractivity contribution >= 4 is 39.4 Å². The van der Waals surface area contributed by atoms with Crippen LogP contribution in [-0.2, 0) is 13.5 Å². The molecule has 0 saturated carbocycles. The average Bonchev–Trinajstić information content (AvgIpc) is 2.90. The van der Waals surface area contributed by atoms with Gasteiger partial charge in [-0.2, -0.15) is 0 Å². The molecule has 0 atom stereocenters. The fourth-order valence-electron chi connectivity index (χ4n) is 2.83. The molecule has 2 aromatic carbocycles. The molecule has 0 fully saturated rings. The zero-order valence-electron chi connectivity index (χ0n) is 13.7. The fraction of sp³-hybridized carbons (Fsp3) is 0.211. The first-order chi connectivity index (χ1) is 11.6. The van der Waals surface area contributed by atoms with Crippen molar-refractivity contribution in [1.29, 1.82) is 0 Å². The second kappa shape index (κ2) is 7.25. The van der Waals surface area contributed by atoms with Crippen LogP contribution in [0, 0.1) is 3.57 Å². The number of benzene rings is 2. The second-order valence-corrected chi connectivity index (χ2v) is 6.80. The lowest BCUT2D eigenvalue weighted by Crippen LogP contribution is -2.26. The van der Waals surface area contributed by atoms with Crippen molar-refractivity contribution in [2.45, 2.75) is 6.42 Å². The molecule has 1 amide bonds. The third kappa shape index (κ3) is 3.40. The zero-order chi connectivity index (χ0) is 17.1. The molecule has 0 aliphatic carbocycles. The van der Waals surface area contributed by atoms with E-state index in [1.54, 1.807) is 7.11 Å². The van der Waals surface area contributed by atoms with Crippen LogP contribution in [0.15, 0.2) is 48.7 Å². The molecule has 0 aliphatic rings. The molecule has 3 aromatic rings. The third-order valence-corrected chi connectivity index (χ3v) is 5.02. The molecule has 0 unspecified atom stereocenters. The summed E-state index contributed by atoms with van der Waals surface area (Å²) in [7, 11) is 3.70. The molecule has 0 radical (unpaired) electrons. The van der Waals surface area contributed by atoms with Crippen LogP contribution in [0.2, 0.25) is 0 Å². The molecule has 4 nitrogen and oxygen atoms in total. The van der Waals surface area contributed by atoms with Crippen molar-refractivity contribution in [1.82, 2.24) is 9.88 Å². The summed E-state index contributed by atoms with van der Waals surface area (Å²) in [6.07, 6.45) is 2.89. The zero-order valence-corrected chi connectivity index (χ0v) is 15.8. The summed E-state index contributed by atoms with van der Waals surface area (Å²) in [4.78, 5) is 12.3. The number of aryl methyl sites for hydroxylation is 1. The summed E-state index contributed by atoms with van der Waals surface area (Å²) in [5.74, 6) is 0.815. The van der Waals surface area contributed by atoms with Crippen molar-refractivity contribution in [3.05, 3.63) is 63.4 Å². The van der Waals surface area contributed by atoms with Gasteiger partial charge in [-0.15, -0.1) is 0 Å². The number of fused-ring (bicyclic) bond motifs is 1. The number of halogens is 1. The molecular weight excluding hydrogens is 415 g/mol. The van der Waals surface area contributed by atoms with Crippen molar-refractivity contribution < 1.29 is 9.53 Å². The molecule has 24 heavy (non-hydrogen) atoms. The highest BCUT2D eigenvalue weighted by Gasteiger charge is 2.11. The maximum Gasteiger partial charge on any atom is 0.252 e. The quantitative estimate of drug-likeness (QED) is 0.622. The first-order valence-electron chi connectivity index (χ1n) is 7.75. The van der Waals surface area contributed by atoms with Gasteiger partial charge >= 0.3 is 0 Å². The van der Waals surface area contributed by atoms with E-state index in [0.717, 1.165) is 26.8 Å². The monoisotopic (exact) mass is 434 g/mol. The number of nitrogens with one attached hydrogen (secondary N) is 1. The van der Waals surface area contributed by atoms with Crippen LogP contribution in [0.4, 0.5) is 0 Å². The normalized spacial score (nSPS) is 10.8. The molecule has 3 rings (SSSR count). The molecule has 1 N–H and O–H groups in total. The SMILES string of the molecule is COc1ccc2c(c1)c(CCNC(=O)c1ccccc1I)cn2C. The molecule has 1 heterocycles. The van der Waals surface area contributed by atoms with E-state index in [2.05, 4.69) is 44.7 Å². The standard InChI is InChI=1S/C19H19IN2O2/c1-22-12-13(16-11-14(24-2)7-8-18(16)22)9-10-21-19(23)15-5-3-4-6-17(15)20/h3-8,11-12H,9-10H2,1-2H3,(H,21,23). The molecule has 124 valence electrons. The number of rotatable bonds is 5. The van der Waals surface area contributed by atoms with Crippen LogP contribution in [0.25, 0.3) is 10.9 Å². The Morgan fingerprint density at radius 2 is 2.04 bits per heavy atom. The maximum atomic E-state index is 12.3. The third-order valence-electron chi connectivity index (χ3n) is 4.08. The van der Waals surface area contributed by atoms with E-state index in [1.807, 2.05) is 43.4 Å². The topological polar surface area (TPSA) is 43.3 Å². The Bertz CT molecular complexity index is 886. The number of methoxy groups -OCH3 is 1. The summed E-state index contributed by atoms with van der Waals surface area (Å²) < 4.78 is 8.38. The first-order valence-corrected chi connectivity index (χ1v) is 8.82. The molecule has 0 aliphatic heterocycles. The summed E-state index contributed by atoms with van der Waals surface area (Å²) >= 11 is 2.18. The van der Waals surface area contributed by atoms with Gasteiger partial charge in [0, 0.05) is 34.3 Å². The minimum Gasteiger partial charge on any atom is -0.497 e. The van der Waals surface area contributed by atoms with Gasteiger partial charge in [0.2, 0.25) is 0 Å². The highest BCUT2D eigenvalue weighted by atomic mass is 127. The smallest absolute Gasteiger partial charge is 0.252 e. The number of nitrogens with zero attached hydrogens (tertiary/aromatic N) is 1. The highest BCUT2D eigenvalue weighted by molar-refractivity contribution is 14.1. The van der Waals surface area contributed by atoms with Crippen LogP contribution in [0.3, 0.4) is 0 Å². The van der Waals surface area contributed by atoms with E-state index in [1.165, 1.54) is 10.9 Å². The number of aromatic nitrogens is 1. The number of ether oxygens (including phenoxy) is 1. The Labute approximate surface area is 155 Å². The van der Waals surface area contributed by atoms with Gasteiger partial charge < -0.3 is 14.6 Å². The van der Waals surface area contributed by atoms with E-state index in [0.29, 0.717) is 6.54 Å². The van der Waals surface area contributed by atoms with E-state index < -0.39 is 0 Å². The Kier molecular flexibility index (Phi) is 5.08. The predicted molar refractivity (Wildman–Crippen MR) is 105 cm³/mol. The lowest BCUT2D eigenvalue weighted by molar-refractivity contribution is 0.0953. The molecule has 0 saturated heterocycles. The van der Waals surface area contributed by atoms with Crippen molar-refractivity contribution in [3.63, 3.8) is 0 Å². The average molecular weight is 434 g/mol. The number of amides is 1. The summed E-state index contributed by atoms with van der Waals surface area (Å²) in [6.45, 7) is 0.597. The first kappa shape index (κ1) is 16.8. The summed E-state index contributed by atoms with van der Waals surface area (Å²) in [5, 5.41) is 4.17. The summed E-state index contributed by atoms with van der Waals surface area (Å²) in [5.41, 5.74) is 3.09. The molecule has 5 heteroatoms. The van der Waals surface area contributed by atoms with Crippen LogP contribution in [-0.4, -0.2) is 24.1 Å². The highest BCUT2D eigenvalue weighted by Crippen LogP contribution is 2.25. The van der Waals surface area contributed by atoms with Crippen molar-refractivity contribution in [3.8, 4) is 5.75 Å². The molecule has 0 bridgehead atoms. The van der Waals surface area contributed by atoms with Gasteiger partial charge in [-0.3, -0.25) is 4.79 Å². The van der Waals surface area contributed by atoms with Gasteiger partial charge in [-0.1, -0.05) is 12.1 Å². The van der Waals surface area contributed by atoms with Crippen LogP contribution >= 0.6 is 22.6 Å². The van der Waals surface area contributed by atoms with Gasteiger partial charge in [-0.05, 0) is 64.9 Å². The van der Waals surface area contributed by atoms with E-state index >= 15 is 0 Å². The minimum absolute atomic E-state index is 0.0298. The molecular formula is C19H19IN2O2. The van der Waals surface area contributed by atoms with Gasteiger partial charge in [0.25, 0.3) is 5.91 Å². The van der Waals surface area contributed by atoms with Crippen molar-refractivity contribution in [2.24, 2.45) is 7.05 Å². The Hall–Kier alpha value is -2.02. The number of carbonyl (C=O) groups is 1. The molecule has 0 spiro atoms. The van der Waals surface area contributed by atoms with E-state index in [4.69, 9.17) is 4.74 Å². The Morgan fingerprint density at radius 3 is 2.79 bits per heavy atom. The van der Waals surface area contributed by atoms with Crippen molar-refractivity contribution in [2.75, 3.05) is 13.7 Å². The van der Waals surface area contributed by atoms with E-state index in [9.17, 15) is 4.79 Å². The number of hydrogen-bond donors (Lipinski definition) is 1. The van der Waals surface area contributed by atoms with Crippen LogP contribution < -0.4 is 10.1 Å². The van der Waals surface area contributed by atoms with Gasteiger partial charge in [0.15, 0.2) is 0 Å². The fourth-order valence-corrected chi connectivity index (χ4v) is 3.46. The van der Waals surface area contributed by atoms with Gasteiger partial charge in [0.05, 0.1) is 12.7 Å². The predicted octanol–water partition coefficient (Wildman–Crippen LogP) is 3.76. The lowest BCUT2D eigenvalue weighted by Gasteiger charge is -2.07. The van der Waals surface area contributed by atoms with Gasteiger partial charge in [0.1, 0.15) is 5.75 Å².